The molecule has 0 radical (unpaired) electrons. The van der Waals surface area contributed by atoms with Crippen molar-refractivity contribution < 1.29 is 9.59 Å². The van der Waals surface area contributed by atoms with Crippen LogP contribution in [0.5, 0.6) is 0 Å². The first-order valence-corrected chi connectivity index (χ1v) is 11.3. The zero-order valence-corrected chi connectivity index (χ0v) is 18.8. The minimum absolute atomic E-state index is 0.169. The lowest BCUT2D eigenvalue weighted by Gasteiger charge is -2.21. The molecule has 32 heavy (non-hydrogen) atoms. The molecule has 7 heteroatoms. The minimum atomic E-state index is -0.202. The van der Waals surface area contributed by atoms with E-state index < -0.39 is 0 Å². The number of nitrogens with one attached hydrogen (secondary N) is 2. The molecule has 0 atom stereocenters. The Balaban J connectivity index is 1.46. The van der Waals surface area contributed by atoms with E-state index in [1.165, 1.54) is 11.3 Å². The number of hydrogen-bond donors (Lipinski definition) is 2. The maximum Gasteiger partial charge on any atom is 0.257 e. The molecule has 0 saturated carbocycles. The fourth-order valence-corrected chi connectivity index (χ4v) is 4.33. The van der Waals surface area contributed by atoms with Crippen LogP contribution in [0.2, 0.25) is 0 Å². The van der Waals surface area contributed by atoms with Crippen LogP contribution in [-0.4, -0.2) is 29.9 Å². The summed E-state index contributed by atoms with van der Waals surface area (Å²) in [4.78, 5) is 31.7. The number of carbonyl (C=O) groups excluding carboxylic acids is 2. The second kappa shape index (κ2) is 9.62. The largest absolute Gasteiger partial charge is 0.372 e. The van der Waals surface area contributed by atoms with E-state index >= 15 is 0 Å². The highest BCUT2D eigenvalue weighted by atomic mass is 32.1. The Hall–Kier alpha value is -3.71. The fourth-order valence-electron chi connectivity index (χ4n) is 3.43. The van der Waals surface area contributed by atoms with Crippen molar-refractivity contribution in [2.45, 2.75) is 13.8 Å². The molecule has 4 aromatic rings. The van der Waals surface area contributed by atoms with Gasteiger partial charge in [0.25, 0.3) is 11.8 Å². The molecule has 0 fully saturated rings. The van der Waals surface area contributed by atoms with Gasteiger partial charge in [0.1, 0.15) is 0 Å². The van der Waals surface area contributed by atoms with Gasteiger partial charge in [-0.1, -0.05) is 29.5 Å². The molecule has 1 heterocycles. The minimum Gasteiger partial charge on any atom is -0.372 e. The summed E-state index contributed by atoms with van der Waals surface area (Å²) in [5.41, 5.74) is 3.72. The first-order chi connectivity index (χ1) is 15.6. The highest BCUT2D eigenvalue weighted by Crippen LogP contribution is 2.29. The van der Waals surface area contributed by atoms with E-state index in [-0.39, 0.29) is 11.8 Å². The average molecular weight is 445 g/mol. The van der Waals surface area contributed by atoms with E-state index in [1.54, 1.807) is 12.1 Å². The molecule has 0 bridgehead atoms. The van der Waals surface area contributed by atoms with E-state index in [0.717, 1.165) is 29.0 Å². The Bertz CT molecular complexity index is 1230. The standard InChI is InChI=1S/C25H24N4O2S/c1-3-29(4-2)20-13-10-18(11-14-20)23(30)26-19-12-15-21-22(16-19)32-25(27-21)28-24(31)17-8-6-5-7-9-17/h5-16H,3-4H2,1-2H3,(H,26,30)(H,27,28,31). The summed E-state index contributed by atoms with van der Waals surface area (Å²) in [6.45, 7) is 6.06. The lowest BCUT2D eigenvalue weighted by Crippen LogP contribution is -2.21. The Morgan fingerprint density at radius 3 is 2.19 bits per heavy atom. The van der Waals surface area contributed by atoms with Gasteiger partial charge in [0.2, 0.25) is 0 Å². The Morgan fingerprint density at radius 2 is 1.50 bits per heavy atom. The number of hydrogen-bond acceptors (Lipinski definition) is 5. The summed E-state index contributed by atoms with van der Waals surface area (Å²) >= 11 is 1.37. The highest BCUT2D eigenvalue weighted by Gasteiger charge is 2.12. The van der Waals surface area contributed by atoms with Crippen LogP contribution in [0.15, 0.2) is 72.8 Å². The number of fused-ring (bicyclic) bond motifs is 1. The van der Waals surface area contributed by atoms with Gasteiger partial charge in [-0.25, -0.2) is 4.98 Å². The molecule has 1 aromatic heterocycles. The van der Waals surface area contributed by atoms with Crippen LogP contribution in [0.25, 0.3) is 10.2 Å². The fraction of sp³-hybridized carbons (Fsp3) is 0.160. The van der Waals surface area contributed by atoms with Crippen LogP contribution in [0.3, 0.4) is 0 Å². The molecule has 0 aliphatic heterocycles. The van der Waals surface area contributed by atoms with E-state index in [2.05, 4.69) is 34.4 Å². The molecule has 0 unspecified atom stereocenters. The summed E-state index contributed by atoms with van der Waals surface area (Å²) in [6, 6.07) is 22.1. The highest BCUT2D eigenvalue weighted by molar-refractivity contribution is 7.22. The molecule has 0 aliphatic carbocycles. The van der Waals surface area contributed by atoms with Crippen molar-refractivity contribution in [1.82, 2.24) is 4.98 Å². The van der Waals surface area contributed by atoms with Crippen LogP contribution in [-0.2, 0) is 0 Å². The smallest absolute Gasteiger partial charge is 0.257 e. The van der Waals surface area contributed by atoms with Crippen LogP contribution < -0.4 is 15.5 Å². The zero-order valence-electron chi connectivity index (χ0n) is 18.0. The molecule has 2 N–H and O–H groups in total. The summed E-state index contributed by atoms with van der Waals surface area (Å²) in [6.07, 6.45) is 0. The molecule has 6 nitrogen and oxygen atoms in total. The number of rotatable bonds is 7. The molecular formula is C25H24N4O2S. The first kappa shape index (κ1) is 21.5. The number of thiazole rings is 1. The van der Waals surface area contributed by atoms with E-state index in [1.807, 2.05) is 60.7 Å². The summed E-state index contributed by atoms with van der Waals surface area (Å²) < 4.78 is 0.878. The third-order valence-corrected chi connectivity index (χ3v) is 6.09. The third kappa shape index (κ3) is 4.78. The molecule has 162 valence electrons. The maximum absolute atomic E-state index is 12.7. The molecule has 0 spiro atoms. The summed E-state index contributed by atoms with van der Waals surface area (Å²) in [7, 11) is 0. The van der Waals surface area contributed by atoms with E-state index in [9.17, 15) is 9.59 Å². The van der Waals surface area contributed by atoms with Crippen LogP contribution >= 0.6 is 11.3 Å². The quantitative estimate of drug-likeness (QED) is 0.386. The first-order valence-electron chi connectivity index (χ1n) is 10.5. The average Bonchev–Trinajstić information content (AvgIpc) is 3.22. The number of amides is 2. The molecule has 0 aliphatic rings. The van der Waals surface area contributed by atoms with Gasteiger partial charge < -0.3 is 10.2 Å². The predicted molar refractivity (Wildman–Crippen MR) is 132 cm³/mol. The van der Waals surface area contributed by atoms with Crippen LogP contribution in [0.1, 0.15) is 34.6 Å². The van der Waals surface area contributed by atoms with Crippen molar-refractivity contribution in [3.8, 4) is 0 Å². The van der Waals surface area contributed by atoms with Gasteiger partial charge in [-0.3, -0.25) is 14.9 Å². The normalized spacial score (nSPS) is 10.7. The Kier molecular flexibility index (Phi) is 6.47. The molecule has 0 saturated heterocycles. The monoisotopic (exact) mass is 444 g/mol. The Morgan fingerprint density at radius 1 is 0.844 bits per heavy atom. The van der Waals surface area contributed by atoms with Gasteiger partial charge in [-0.05, 0) is 68.4 Å². The summed E-state index contributed by atoms with van der Waals surface area (Å²) in [5, 5.41) is 6.29. The molecular weight excluding hydrogens is 420 g/mol. The van der Waals surface area contributed by atoms with E-state index in [4.69, 9.17) is 0 Å². The van der Waals surface area contributed by atoms with Crippen molar-refractivity contribution in [2.24, 2.45) is 0 Å². The number of benzene rings is 3. The predicted octanol–water partition coefficient (Wildman–Crippen LogP) is 5.65. The van der Waals surface area contributed by atoms with Crippen molar-refractivity contribution in [3.63, 3.8) is 0 Å². The van der Waals surface area contributed by atoms with Gasteiger partial charge in [0.05, 0.1) is 10.2 Å². The van der Waals surface area contributed by atoms with Gasteiger partial charge in [-0.2, -0.15) is 0 Å². The van der Waals surface area contributed by atoms with Gasteiger partial charge in [0.15, 0.2) is 5.13 Å². The summed E-state index contributed by atoms with van der Waals surface area (Å²) in [5.74, 6) is -0.371. The number of carbonyl (C=O) groups is 2. The van der Waals surface area contributed by atoms with Gasteiger partial charge in [-0.15, -0.1) is 0 Å². The number of aromatic nitrogens is 1. The number of anilines is 3. The lowest BCUT2D eigenvalue weighted by molar-refractivity contribution is 0.101. The topological polar surface area (TPSA) is 74.3 Å². The van der Waals surface area contributed by atoms with Crippen LogP contribution in [0, 0.1) is 0 Å². The second-order valence-corrected chi connectivity index (χ2v) is 8.23. The van der Waals surface area contributed by atoms with Gasteiger partial charge in [0, 0.05) is 35.6 Å². The van der Waals surface area contributed by atoms with Crippen molar-refractivity contribution >= 4 is 49.9 Å². The lowest BCUT2D eigenvalue weighted by atomic mass is 10.1. The van der Waals surface area contributed by atoms with Crippen molar-refractivity contribution in [2.75, 3.05) is 28.6 Å². The van der Waals surface area contributed by atoms with Gasteiger partial charge >= 0.3 is 0 Å². The van der Waals surface area contributed by atoms with E-state index in [0.29, 0.717) is 21.9 Å². The third-order valence-electron chi connectivity index (χ3n) is 5.16. The second-order valence-electron chi connectivity index (χ2n) is 7.19. The van der Waals surface area contributed by atoms with Crippen molar-refractivity contribution in [1.29, 1.82) is 0 Å². The Labute approximate surface area is 190 Å². The van der Waals surface area contributed by atoms with Crippen molar-refractivity contribution in [3.05, 3.63) is 83.9 Å². The number of nitrogens with zero attached hydrogens (tertiary/aromatic N) is 2. The zero-order chi connectivity index (χ0) is 22.5. The molecule has 4 rings (SSSR count). The SMILES string of the molecule is CCN(CC)c1ccc(C(=O)Nc2ccc3nc(NC(=O)c4ccccc4)sc3c2)cc1. The molecule has 3 aromatic carbocycles. The maximum atomic E-state index is 12.7. The molecule has 2 amide bonds. The van der Waals surface area contributed by atoms with Crippen LogP contribution in [0.4, 0.5) is 16.5 Å².